The second kappa shape index (κ2) is 9.22. The van der Waals surface area contributed by atoms with Crippen LogP contribution in [-0.2, 0) is 4.79 Å². The van der Waals surface area contributed by atoms with Crippen molar-refractivity contribution in [3.8, 4) is 11.5 Å². The second-order valence-corrected chi connectivity index (χ2v) is 5.43. The van der Waals surface area contributed by atoms with Gasteiger partial charge in [0, 0.05) is 19.2 Å². The van der Waals surface area contributed by atoms with Gasteiger partial charge in [-0.2, -0.15) is 0 Å². The number of carbonyl (C=O) groups is 1. The minimum Gasteiger partial charge on any atom is -0.497 e. The summed E-state index contributed by atoms with van der Waals surface area (Å²) in [6.07, 6.45) is 2.76. The molecule has 0 aromatic heterocycles. The van der Waals surface area contributed by atoms with Crippen molar-refractivity contribution >= 4 is 17.7 Å². The van der Waals surface area contributed by atoms with Crippen molar-refractivity contribution in [2.45, 2.75) is 0 Å². The van der Waals surface area contributed by atoms with Crippen molar-refractivity contribution in [2.75, 3.05) is 27.3 Å². The molecule has 0 radical (unpaired) electrons. The number of likely N-dealkylation sites (N-methyl/N-ethyl adjacent to an activating group) is 1. The number of rotatable bonds is 8. The molecule has 0 aliphatic rings. The van der Waals surface area contributed by atoms with Crippen LogP contribution in [-0.4, -0.2) is 43.0 Å². The van der Waals surface area contributed by atoms with E-state index in [4.69, 9.17) is 9.47 Å². The third-order valence-corrected chi connectivity index (χ3v) is 3.67. The van der Waals surface area contributed by atoms with Crippen LogP contribution < -0.4 is 9.47 Å². The Morgan fingerprint density at radius 3 is 2.46 bits per heavy atom. The average Bonchev–Trinajstić information content (AvgIpc) is 2.66. The van der Waals surface area contributed by atoms with Gasteiger partial charge in [-0.05, 0) is 36.4 Å². The lowest BCUT2D eigenvalue weighted by molar-refractivity contribution is -0.385. The van der Waals surface area contributed by atoms with Crippen LogP contribution in [0.4, 0.5) is 5.69 Å². The number of hydrogen-bond donors (Lipinski definition) is 0. The van der Waals surface area contributed by atoms with E-state index in [2.05, 4.69) is 0 Å². The largest absolute Gasteiger partial charge is 0.497 e. The zero-order valence-corrected chi connectivity index (χ0v) is 14.6. The van der Waals surface area contributed by atoms with Gasteiger partial charge in [-0.1, -0.05) is 12.1 Å². The first kappa shape index (κ1) is 19.0. The van der Waals surface area contributed by atoms with E-state index >= 15 is 0 Å². The minimum absolute atomic E-state index is 0.0398. The van der Waals surface area contributed by atoms with Crippen LogP contribution in [0.3, 0.4) is 0 Å². The molecule has 2 aromatic carbocycles. The Labute approximate surface area is 151 Å². The van der Waals surface area contributed by atoms with Gasteiger partial charge in [-0.15, -0.1) is 0 Å². The van der Waals surface area contributed by atoms with Gasteiger partial charge in [0.1, 0.15) is 18.1 Å². The lowest BCUT2D eigenvalue weighted by atomic mass is 10.1. The smallest absolute Gasteiger partial charge is 0.276 e. The minimum atomic E-state index is -0.476. The van der Waals surface area contributed by atoms with Crippen LogP contribution in [0.15, 0.2) is 54.6 Å². The van der Waals surface area contributed by atoms with Gasteiger partial charge >= 0.3 is 0 Å². The number of methoxy groups -OCH3 is 1. The van der Waals surface area contributed by atoms with Crippen LogP contribution >= 0.6 is 0 Å². The van der Waals surface area contributed by atoms with E-state index in [1.165, 1.54) is 23.1 Å². The molecule has 136 valence electrons. The lowest BCUT2D eigenvalue weighted by Crippen LogP contribution is -2.29. The van der Waals surface area contributed by atoms with Gasteiger partial charge in [0.25, 0.3) is 5.69 Å². The van der Waals surface area contributed by atoms with Crippen molar-refractivity contribution in [3.05, 3.63) is 70.3 Å². The van der Waals surface area contributed by atoms with Gasteiger partial charge in [-0.3, -0.25) is 14.9 Å². The average molecular weight is 356 g/mol. The summed E-state index contributed by atoms with van der Waals surface area (Å²) >= 11 is 0. The maximum absolute atomic E-state index is 12.1. The van der Waals surface area contributed by atoms with Crippen LogP contribution in [0.25, 0.3) is 6.08 Å². The number of para-hydroxylation sites is 1. The number of nitrogens with zero attached hydrogens (tertiary/aromatic N) is 2. The molecule has 0 saturated carbocycles. The third kappa shape index (κ3) is 5.34. The Bertz CT molecular complexity index is 787. The number of nitro groups is 1. The van der Waals surface area contributed by atoms with Gasteiger partial charge in [0.05, 0.1) is 24.1 Å². The predicted molar refractivity (Wildman–Crippen MR) is 98.3 cm³/mol. The molecule has 0 bridgehead atoms. The topological polar surface area (TPSA) is 81.9 Å². The Balaban J connectivity index is 1.86. The molecule has 7 nitrogen and oxygen atoms in total. The summed E-state index contributed by atoms with van der Waals surface area (Å²) in [6, 6.07) is 13.4. The summed E-state index contributed by atoms with van der Waals surface area (Å²) in [5.41, 5.74) is 0.343. The summed E-state index contributed by atoms with van der Waals surface area (Å²) in [5, 5.41) is 11.0. The molecule has 2 aromatic rings. The highest BCUT2D eigenvalue weighted by atomic mass is 16.6. The van der Waals surface area contributed by atoms with E-state index in [1.807, 2.05) is 0 Å². The maximum atomic E-state index is 12.1. The van der Waals surface area contributed by atoms with Crippen LogP contribution in [0.2, 0.25) is 0 Å². The third-order valence-electron chi connectivity index (χ3n) is 3.67. The van der Waals surface area contributed by atoms with Crippen LogP contribution in [0.5, 0.6) is 11.5 Å². The van der Waals surface area contributed by atoms with Crippen molar-refractivity contribution in [2.24, 2.45) is 0 Å². The second-order valence-electron chi connectivity index (χ2n) is 5.43. The molecule has 0 atom stereocenters. The number of ether oxygens (including phenoxy) is 2. The fourth-order valence-electron chi connectivity index (χ4n) is 2.17. The van der Waals surface area contributed by atoms with E-state index < -0.39 is 4.92 Å². The van der Waals surface area contributed by atoms with Crippen molar-refractivity contribution in [1.29, 1.82) is 0 Å². The quantitative estimate of drug-likeness (QED) is 0.412. The Morgan fingerprint density at radius 2 is 1.81 bits per heavy atom. The molecular weight excluding hydrogens is 336 g/mol. The number of hydrogen-bond acceptors (Lipinski definition) is 5. The summed E-state index contributed by atoms with van der Waals surface area (Å²) in [4.78, 5) is 24.1. The molecule has 0 aliphatic carbocycles. The lowest BCUT2D eigenvalue weighted by Gasteiger charge is -2.15. The van der Waals surface area contributed by atoms with Crippen molar-refractivity contribution < 1.29 is 19.2 Å². The van der Waals surface area contributed by atoms with Crippen LogP contribution in [0, 0.1) is 10.1 Å². The van der Waals surface area contributed by atoms with E-state index in [9.17, 15) is 14.9 Å². The molecule has 7 heteroatoms. The molecule has 0 N–H and O–H groups in total. The van der Waals surface area contributed by atoms with E-state index in [0.717, 1.165) is 5.75 Å². The molecular formula is C19H20N2O5. The van der Waals surface area contributed by atoms with Gasteiger partial charge in [0.15, 0.2) is 0 Å². The fraction of sp³-hybridized carbons (Fsp3) is 0.211. The number of nitro benzene ring substituents is 1. The highest BCUT2D eigenvalue weighted by molar-refractivity contribution is 5.92. The van der Waals surface area contributed by atoms with Gasteiger partial charge < -0.3 is 14.4 Å². The van der Waals surface area contributed by atoms with E-state index in [-0.39, 0.29) is 11.6 Å². The molecule has 1 amide bonds. The van der Waals surface area contributed by atoms with Gasteiger partial charge in [-0.25, -0.2) is 0 Å². The molecule has 0 unspecified atom stereocenters. The Kier molecular flexibility index (Phi) is 6.73. The first-order valence-corrected chi connectivity index (χ1v) is 7.94. The molecule has 26 heavy (non-hydrogen) atoms. The molecule has 0 aliphatic heterocycles. The summed E-state index contributed by atoms with van der Waals surface area (Å²) in [6.45, 7) is 0.708. The highest BCUT2D eigenvalue weighted by Gasteiger charge is 2.11. The van der Waals surface area contributed by atoms with E-state index in [0.29, 0.717) is 24.5 Å². The molecule has 2 rings (SSSR count). The molecule has 0 saturated heterocycles. The number of amides is 1. The van der Waals surface area contributed by atoms with Gasteiger partial charge in [0.2, 0.25) is 5.91 Å². The number of benzene rings is 2. The van der Waals surface area contributed by atoms with E-state index in [1.54, 1.807) is 56.6 Å². The first-order chi connectivity index (χ1) is 12.5. The summed E-state index contributed by atoms with van der Waals surface area (Å²) < 4.78 is 10.6. The maximum Gasteiger partial charge on any atom is 0.276 e. The predicted octanol–water partition coefficient (Wildman–Crippen LogP) is 3.15. The molecule has 0 heterocycles. The summed E-state index contributed by atoms with van der Waals surface area (Å²) in [5.74, 6) is 1.16. The monoisotopic (exact) mass is 356 g/mol. The molecule has 0 fully saturated rings. The zero-order valence-electron chi connectivity index (χ0n) is 14.6. The Morgan fingerprint density at radius 1 is 1.15 bits per heavy atom. The number of carbonyl (C=O) groups excluding carboxylic acids is 1. The van der Waals surface area contributed by atoms with Crippen LogP contribution in [0.1, 0.15) is 5.56 Å². The molecule has 0 spiro atoms. The first-order valence-electron chi connectivity index (χ1n) is 7.94. The van der Waals surface area contributed by atoms with Crippen molar-refractivity contribution in [1.82, 2.24) is 4.90 Å². The zero-order chi connectivity index (χ0) is 18.9. The summed E-state index contributed by atoms with van der Waals surface area (Å²) in [7, 11) is 3.23. The SMILES string of the molecule is COc1ccc(OCCN(C)C(=O)/C=C/c2ccccc2[N+](=O)[O-])cc1. The fourth-order valence-corrected chi connectivity index (χ4v) is 2.17. The normalized spacial score (nSPS) is 10.5. The van der Waals surface area contributed by atoms with Crippen molar-refractivity contribution in [3.63, 3.8) is 0 Å². The standard InChI is InChI=1S/C19H20N2O5/c1-20(13-14-26-17-10-8-16(25-2)9-11-17)19(22)12-7-15-5-3-4-6-18(15)21(23)24/h3-12H,13-14H2,1-2H3/b12-7+. The Hall–Kier alpha value is -3.35. The highest BCUT2D eigenvalue weighted by Crippen LogP contribution is 2.19.